The molecule has 0 amide bonds. The van der Waals surface area contributed by atoms with Crippen molar-refractivity contribution in [2.75, 3.05) is 0 Å². The quantitative estimate of drug-likeness (QED) is 0.897. The van der Waals surface area contributed by atoms with Crippen LogP contribution in [0.3, 0.4) is 0 Å². The Morgan fingerprint density at radius 1 is 1.33 bits per heavy atom. The maximum absolute atomic E-state index is 6.40. The van der Waals surface area contributed by atoms with Crippen molar-refractivity contribution < 1.29 is 0 Å². The number of pyridine rings is 1. The summed E-state index contributed by atoms with van der Waals surface area (Å²) in [4.78, 5) is 4.52. The maximum atomic E-state index is 6.40. The first-order valence-corrected chi connectivity index (χ1v) is 8.19. The summed E-state index contributed by atoms with van der Waals surface area (Å²) >= 11 is 3.67. The fourth-order valence-electron chi connectivity index (χ4n) is 2.63. The van der Waals surface area contributed by atoms with Crippen LogP contribution in [0.5, 0.6) is 0 Å². The van der Waals surface area contributed by atoms with Crippen LogP contribution >= 0.6 is 15.9 Å². The summed E-state index contributed by atoms with van der Waals surface area (Å²) in [6, 6.07) is 2.01. The van der Waals surface area contributed by atoms with Crippen molar-refractivity contribution in [3.8, 4) is 0 Å². The molecule has 0 fully saturated rings. The number of halogens is 1. The van der Waals surface area contributed by atoms with Crippen LogP contribution in [0.25, 0.3) is 0 Å². The summed E-state index contributed by atoms with van der Waals surface area (Å²) in [5, 5.41) is 4.62. The van der Waals surface area contributed by atoms with Gasteiger partial charge in [-0.05, 0) is 54.2 Å². The van der Waals surface area contributed by atoms with Crippen LogP contribution in [0.15, 0.2) is 16.7 Å². The molecule has 0 aliphatic carbocycles. The van der Waals surface area contributed by atoms with Crippen LogP contribution in [0.4, 0.5) is 0 Å². The highest BCUT2D eigenvalue weighted by Crippen LogP contribution is 2.27. The first kappa shape index (κ1) is 16.2. The van der Waals surface area contributed by atoms with Crippen molar-refractivity contribution in [1.82, 2.24) is 14.8 Å². The molecular weight excluding hydrogens is 328 g/mol. The molecule has 0 aliphatic rings. The van der Waals surface area contributed by atoms with Gasteiger partial charge in [0.15, 0.2) is 0 Å². The maximum Gasteiger partial charge on any atom is 0.0766 e. The van der Waals surface area contributed by atoms with Gasteiger partial charge in [0.25, 0.3) is 0 Å². The van der Waals surface area contributed by atoms with Gasteiger partial charge < -0.3 is 5.73 Å². The second kappa shape index (κ2) is 6.71. The van der Waals surface area contributed by atoms with Gasteiger partial charge in [0.1, 0.15) is 0 Å². The lowest BCUT2D eigenvalue weighted by molar-refractivity contribution is 0.578. The van der Waals surface area contributed by atoms with E-state index in [0.717, 1.165) is 52.1 Å². The Labute approximate surface area is 134 Å². The van der Waals surface area contributed by atoms with E-state index in [4.69, 9.17) is 5.73 Å². The Balaban J connectivity index is 2.31. The van der Waals surface area contributed by atoms with Gasteiger partial charge in [0, 0.05) is 19.2 Å². The molecule has 0 spiro atoms. The first-order valence-electron chi connectivity index (χ1n) is 7.40. The zero-order chi connectivity index (χ0) is 15.6. The number of hydrogen-bond donors (Lipinski definition) is 1. The lowest BCUT2D eigenvalue weighted by Crippen LogP contribution is -2.19. The second-order valence-corrected chi connectivity index (χ2v) is 6.20. The van der Waals surface area contributed by atoms with E-state index < -0.39 is 0 Å². The minimum absolute atomic E-state index is 0.117. The van der Waals surface area contributed by atoms with Crippen LogP contribution in [0.2, 0.25) is 0 Å². The standard InChI is InChI=1S/C16H23BrN4/c1-5-13-15(17)14(21(6-2)20-13)8-12(18)16-11(4)7-10(3)9-19-16/h7,9,12H,5-6,8,18H2,1-4H3. The van der Waals surface area contributed by atoms with E-state index in [1.54, 1.807) is 0 Å². The summed E-state index contributed by atoms with van der Waals surface area (Å²) in [5.74, 6) is 0. The molecule has 21 heavy (non-hydrogen) atoms. The molecule has 1 unspecified atom stereocenters. The Hall–Kier alpha value is -1.20. The Bertz CT molecular complexity index is 633. The number of aromatic nitrogens is 3. The van der Waals surface area contributed by atoms with Gasteiger partial charge >= 0.3 is 0 Å². The molecule has 0 saturated carbocycles. The van der Waals surface area contributed by atoms with Gasteiger partial charge in [-0.15, -0.1) is 0 Å². The van der Waals surface area contributed by atoms with Crippen molar-refractivity contribution in [3.63, 3.8) is 0 Å². The van der Waals surface area contributed by atoms with Gasteiger partial charge in [-0.25, -0.2) is 0 Å². The van der Waals surface area contributed by atoms with E-state index in [1.165, 1.54) is 0 Å². The molecule has 0 bridgehead atoms. The Morgan fingerprint density at radius 2 is 2.05 bits per heavy atom. The molecule has 5 heteroatoms. The summed E-state index contributed by atoms with van der Waals surface area (Å²) in [5.41, 5.74) is 11.9. The van der Waals surface area contributed by atoms with Crippen LogP contribution < -0.4 is 5.73 Å². The lowest BCUT2D eigenvalue weighted by Gasteiger charge is -2.15. The second-order valence-electron chi connectivity index (χ2n) is 5.40. The zero-order valence-corrected chi connectivity index (χ0v) is 14.7. The van der Waals surface area contributed by atoms with E-state index in [9.17, 15) is 0 Å². The number of rotatable bonds is 5. The van der Waals surface area contributed by atoms with Gasteiger partial charge in [-0.3, -0.25) is 9.67 Å². The molecule has 0 saturated heterocycles. The topological polar surface area (TPSA) is 56.7 Å². The summed E-state index contributed by atoms with van der Waals surface area (Å²) in [6.07, 6.45) is 3.53. The van der Waals surface area contributed by atoms with E-state index in [2.05, 4.69) is 52.9 Å². The average molecular weight is 351 g/mol. The van der Waals surface area contributed by atoms with E-state index in [-0.39, 0.29) is 6.04 Å². The molecule has 2 rings (SSSR count). The molecule has 0 aliphatic heterocycles. The van der Waals surface area contributed by atoms with E-state index in [1.807, 2.05) is 17.8 Å². The highest BCUT2D eigenvalue weighted by Gasteiger charge is 2.19. The van der Waals surface area contributed by atoms with Crippen LogP contribution in [-0.2, 0) is 19.4 Å². The Morgan fingerprint density at radius 3 is 2.62 bits per heavy atom. The van der Waals surface area contributed by atoms with Gasteiger partial charge in [-0.1, -0.05) is 13.0 Å². The normalized spacial score (nSPS) is 12.7. The lowest BCUT2D eigenvalue weighted by atomic mass is 10.0. The molecule has 2 N–H and O–H groups in total. The zero-order valence-electron chi connectivity index (χ0n) is 13.2. The number of nitrogens with zero attached hydrogens (tertiary/aromatic N) is 3. The third-order valence-corrected chi connectivity index (χ3v) is 4.63. The molecule has 2 aromatic heterocycles. The molecule has 0 radical (unpaired) electrons. The molecular formula is C16H23BrN4. The highest BCUT2D eigenvalue weighted by molar-refractivity contribution is 9.10. The first-order chi connectivity index (χ1) is 9.97. The van der Waals surface area contributed by atoms with Crippen molar-refractivity contribution in [1.29, 1.82) is 0 Å². The average Bonchev–Trinajstić information content (AvgIpc) is 2.75. The molecule has 0 aromatic carbocycles. The largest absolute Gasteiger partial charge is 0.322 e. The molecule has 1 atom stereocenters. The molecule has 2 aromatic rings. The third kappa shape index (κ3) is 3.35. The number of hydrogen-bond acceptors (Lipinski definition) is 3. The number of aryl methyl sites for hydroxylation is 4. The van der Waals surface area contributed by atoms with Crippen LogP contribution in [0.1, 0.15) is 48.1 Å². The summed E-state index contributed by atoms with van der Waals surface area (Å²) in [6.45, 7) is 9.18. The van der Waals surface area contributed by atoms with Gasteiger partial charge in [-0.2, -0.15) is 5.10 Å². The highest BCUT2D eigenvalue weighted by atomic mass is 79.9. The predicted octanol–water partition coefficient (Wildman–Crippen LogP) is 3.48. The molecule has 4 nitrogen and oxygen atoms in total. The Kier molecular flexibility index (Phi) is 5.17. The van der Waals surface area contributed by atoms with Crippen LogP contribution in [-0.4, -0.2) is 14.8 Å². The minimum Gasteiger partial charge on any atom is -0.322 e. The van der Waals surface area contributed by atoms with E-state index in [0.29, 0.717) is 0 Å². The fourth-order valence-corrected chi connectivity index (χ4v) is 3.36. The molecule has 114 valence electrons. The van der Waals surface area contributed by atoms with E-state index >= 15 is 0 Å². The minimum atomic E-state index is -0.117. The SMILES string of the molecule is CCc1nn(CC)c(CC(N)c2ncc(C)cc2C)c1Br. The van der Waals surface area contributed by atoms with Gasteiger partial charge in [0.2, 0.25) is 0 Å². The fraction of sp³-hybridized carbons (Fsp3) is 0.500. The van der Waals surface area contributed by atoms with Crippen LogP contribution in [0, 0.1) is 13.8 Å². The summed E-state index contributed by atoms with van der Waals surface area (Å²) in [7, 11) is 0. The smallest absolute Gasteiger partial charge is 0.0766 e. The van der Waals surface area contributed by atoms with Crippen molar-refractivity contribution in [2.45, 2.75) is 53.1 Å². The van der Waals surface area contributed by atoms with Gasteiger partial charge in [0.05, 0.1) is 27.6 Å². The third-order valence-electron chi connectivity index (χ3n) is 3.71. The predicted molar refractivity (Wildman–Crippen MR) is 89.3 cm³/mol. The van der Waals surface area contributed by atoms with Crippen molar-refractivity contribution >= 4 is 15.9 Å². The summed E-state index contributed by atoms with van der Waals surface area (Å²) < 4.78 is 3.12. The monoisotopic (exact) mass is 350 g/mol. The number of nitrogens with two attached hydrogens (primary N) is 1. The van der Waals surface area contributed by atoms with Crippen molar-refractivity contribution in [2.24, 2.45) is 5.73 Å². The van der Waals surface area contributed by atoms with Crippen molar-refractivity contribution in [3.05, 3.63) is 44.9 Å². The molecule has 2 heterocycles.